The van der Waals surface area contributed by atoms with Crippen molar-refractivity contribution >= 4 is 17.8 Å². The number of hydrogen-bond donors (Lipinski definition) is 2. The highest BCUT2D eigenvalue weighted by Crippen LogP contribution is 2.40. The number of alkyl halides is 6. The molecule has 3 rings (SSSR count). The molecule has 2 aliphatic heterocycles. The minimum Gasteiger partial charge on any atom is -0.475 e. The number of carbonyl (C=O) groups is 3. The molecule has 15 heteroatoms. The molecule has 198 valence electrons. The molecular weight excluding hydrogens is 490 g/mol. The van der Waals surface area contributed by atoms with Gasteiger partial charge in [-0.2, -0.15) is 26.3 Å². The van der Waals surface area contributed by atoms with E-state index in [1.165, 1.54) is 12.0 Å². The van der Waals surface area contributed by atoms with Crippen molar-refractivity contribution in [2.75, 3.05) is 46.8 Å². The minimum absolute atomic E-state index is 0.207. The summed E-state index contributed by atoms with van der Waals surface area (Å²) in [5.41, 5.74) is 1.71. The van der Waals surface area contributed by atoms with E-state index in [1.807, 2.05) is 32.6 Å². The Morgan fingerprint density at radius 3 is 1.89 bits per heavy atom. The van der Waals surface area contributed by atoms with Crippen LogP contribution in [0.4, 0.5) is 26.3 Å². The van der Waals surface area contributed by atoms with Crippen molar-refractivity contribution in [3.8, 4) is 0 Å². The summed E-state index contributed by atoms with van der Waals surface area (Å²) in [6.07, 6.45) is -5.18. The van der Waals surface area contributed by atoms with Gasteiger partial charge in [0.05, 0.1) is 6.54 Å². The monoisotopic (exact) mass is 516 g/mol. The Labute approximate surface area is 196 Å². The van der Waals surface area contributed by atoms with Crippen LogP contribution in [0, 0.1) is 5.41 Å². The van der Waals surface area contributed by atoms with E-state index in [4.69, 9.17) is 19.8 Å². The molecule has 2 saturated heterocycles. The van der Waals surface area contributed by atoms with Crippen molar-refractivity contribution in [1.29, 1.82) is 0 Å². The summed E-state index contributed by atoms with van der Waals surface area (Å²) in [6, 6.07) is 4.13. The fraction of sp³-hybridized carbons (Fsp3) is 0.600. The predicted octanol–water partition coefficient (Wildman–Crippen LogP) is 1.94. The molecule has 0 bridgehead atoms. The number of carboxylic acids is 2. The first-order valence-electron chi connectivity index (χ1n) is 10.1. The van der Waals surface area contributed by atoms with E-state index in [9.17, 15) is 31.1 Å². The van der Waals surface area contributed by atoms with Gasteiger partial charge in [0.2, 0.25) is 5.91 Å². The summed E-state index contributed by atoms with van der Waals surface area (Å²) in [5, 5.41) is 14.2. The molecule has 1 amide bonds. The smallest absolute Gasteiger partial charge is 0.475 e. The number of rotatable bonds is 4. The Kier molecular flexibility index (Phi) is 10.4. The van der Waals surface area contributed by atoms with E-state index in [1.54, 1.807) is 4.90 Å². The summed E-state index contributed by atoms with van der Waals surface area (Å²) < 4.78 is 63.5. The second-order valence-corrected chi connectivity index (χ2v) is 8.36. The average Bonchev–Trinajstić information content (AvgIpc) is 3.12. The zero-order valence-corrected chi connectivity index (χ0v) is 18.9. The number of likely N-dealkylation sites (N-methyl/N-ethyl adjacent to an activating group) is 1. The van der Waals surface area contributed by atoms with Gasteiger partial charge in [0.25, 0.3) is 0 Å². The van der Waals surface area contributed by atoms with Crippen molar-refractivity contribution < 1.29 is 50.9 Å². The Morgan fingerprint density at radius 1 is 1.00 bits per heavy atom. The second kappa shape index (κ2) is 12.2. The maximum Gasteiger partial charge on any atom is 0.490 e. The number of hydrogen-bond acceptors (Lipinski definition) is 6. The van der Waals surface area contributed by atoms with Gasteiger partial charge in [-0.15, -0.1) is 0 Å². The summed E-state index contributed by atoms with van der Waals surface area (Å²) in [4.78, 5) is 40.2. The second-order valence-electron chi connectivity index (χ2n) is 8.36. The highest BCUT2D eigenvalue weighted by molar-refractivity contribution is 5.77. The van der Waals surface area contributed by atoms with Gasteiger partial charge in [-0.1, -0.05) is 6.07 Å². The molecule has 1 aromatic heterocycles. The number of aliphatic carboxylic acids is 2. The normalized spacial score (nSPS) is 17.4. The molecule has 2 fully saturated rings. The summed E-state index contributed by atoms with van der Waals surface area (Å²) >= 11 is 0. The van der Waals surface area contributed by atoms with Crippen LogP contribution in [0.2, 0.25) is 0 Å². The van der Waals surface area contributed by atoms with Crippen molar-refractivity contribution in [1.82, 2.24) is 19.7 Å². The Morgan fingerprint density at radius 2 is 1.49 bits per heavy atom. The molecule has 1 spiro atoms. The van der Waals surface area contributed by atoms with E-state index in [0.717, 1.165) is 32.7 Å². The summed E-state index contributed by atoms with van der Waals surface area (Å²) in [6.45, 7) is 5.98. The molecule has 9 nitrogen and oxygen atoms in total. The molecule has 0 radical (unpaired) electrons. The molecule has 35 heavy (non-hydrogen) atoms. The van der Waals surface area contributed by atoms with Crippen LogP contribution in [-0.4, -0.2) is 107 Å². The highest BCUT2D eigenvalue weighted by Gasteiger charge is 2.47. The quantitative estimate of drug-likeness (QED) is 0.584. The number of aromatic nitrogens is 1. The molecule has 0 saturated carbocycles. The molecule has 2 N–H and O–H groups in total. The maximum atomic E-state index is 11.8. The van der Waals surface area contributed by atoms with Gasteiger partial charge in [-0.05, 0) is 24.6 Å². The average molecular weight is 516 g/mol. The zero-order chi connectivity index (χ0) is 27.0. The topological polar surface area (TPSA) is 114 Å². The predicted molar refractivity (Wildman–Crippen MR) is 109 cm³/mol. The first-order chi connectivity index (χ1) is 15.9. The van der Waals surface area contributed by atoms with E-state index in [2.05, 4.69) is 20.9 Å². The highest BCUT2D eigenvalue weighted by atomic mass is 19.4. The number of pyridine rings is 1. The number of carbonyl (C=O) groups excluding carboxylic acids is 1. The van der Waals surface area contributed by atoms with Crippen LogP contribution in [0.1, 0.15) is 12.0 Å². The van der Waals surface area contributed by atoms with Gasteiger partial charge in [-0.3, -0.25) is 19.6 Å². The third-order valence-electron chi connectivity index (χ3n) is 5.11. The lowest BCUT2D eigenvalue weighted by Crippen LogP contribution is -2.57. The van der Waals surface area contributed by atoms with Crippen LogP contribution in [0.5, 0.6) is 0 Å². The van der Waals surface area contributed by atoms with Crippen LogP contribution in [0.15, 0.2) is 24.5 Å². The molecule has 0 aliphatic carbocycles. The van der Waals surface area contributed by atoms with Gasteiger partial charge in [-0.25, -0.2) is 9.59 Å². The first kappa shape index (κ1) is 30.1. The lowest BCUT2D eigenvalue weighted by Gasteiger charge is -2.48. The van der Waals surface area contributed by atoms with E-state index in [-0.39, 0.29) is 5.91 Å². The zero-order valence-electron chi connectivity index (χ0n) is 18.9. The Balaban J connectivity index is 0.000000362. The lowest BCUT2D eigenvalue weighted by atomic mass is 9.79. The summed E-state index contributed by atoms with van der Waals surface area (Å²) in [5.74, 6) is -5.31. The molecule has 0 unspecified atom stereocenters. The number of likely N-dealkylation sites (tertiary alicyclic amines) is 2. The third-order valence-corrected chi connectivity index (χ3v) is 5.11. The minimum atomic E-state index is -5.08. The lowest BCUT2D eigenvalue weighted by molar-refractivity contribution is -0.193. The largest absolute Gasteiger partial charge is 0.490 e. The molecule has 3 heterocycles. The van der Waals surface area contributed by atoms with Crippen LogP contribution < -0.4 is 0 Å². The van der Waals surface area contributed by atoms with E-state index in [0.29, 0.717) is 12.0 Å². The molecular formula is C20H26F6N4O5. The standard InChI is InChI=1S/C16H24N4O.2C2HF3O2/c1-18(2)15(21)10-19-7-5-16(11-19)12-20(13-16)9-14-4-3-6-17-8-14;2*3-2(4,5)1(6)7/h3-4,6,8H,5,7,9-13H2,1-2H3;2*(H,6,7). The van der Waals surface area contributed by atoms with E-state index < -0.39 is 24.3 Å². The fourth-order valence-corrected chi connectivity index (χ4v) is 3.52. The SMILES string of the molecule is CN(C)C(=O)CN1CCC2(C1)CN(Cc1cccnc1)C2.O=C(O)C(F)(F)F.O=C(O)C(F)(F)F. The van der Waals surface area contributed by atoms with Crippen molar-refractivity contribution in [3.05, 3.63) is 30.1 Å². The molecule has 1 aromatic rings. The van der Waals surface area contributed by atoms with E-state index >= 15 is 0 Å². The van der Waals surface area contributed by atoms with Gasteiger partial charge in [0.1, 0.15) is 0 Å². The van der Waals surface area contributed by atoms with Gasteiger partial charge < -0.3 is 15.1 Å². The van der Waals surface area contributed by atoms with Crippen LogP contribution >= 0.6 is 0 Å². The Hall–Kier alpha value is -2.94. The van der Waals surface area contributed by atoms with Gasteiger partial charge in [0, 0.05) is 58.1 Å². The first-order valence-corrected chi connectivity index (χ1v) is 10.1. The number of amides is 1. The third kappa shape index (κ3) is 10.5. The summed E-state index contributed by atoms with van der Waals surface area (Å²) in [7, 11) is 3.65. The van der Waals surface area contributed by atoms with Crippen LogP contribution in [0.3, 0.4) is 0 Å². The fourth-order valence-electron chi connectivity index (χ4n) is 3.52. The Bertz CT molecular complexity index is 834. The molecule has 0 aromatic carbocycles. The van der Waals surface area contributed by atoms with Crippen LogP contribution in [-0.2, 0) is 20.9 Å². The molecule has 2 aliphatic rings. The number of halogens is 6. The van der Waals surface area contributed by atoms with Crippen molar-refractivity contribution in [3.63, 3.8) is 0 Å². The molecule has 0 atom stereocenters. The van der Waals surface area contributed by atoms with Gasteiger partial charge >= 0.3 is 24.3 Å². The van der Waals surface area contributed by atoms with Gasteiger partial charge in [0.15, 0.2) is 0 Å². The van der Waals surface area contributed by atoms with Crippen molar-refractivity contribution in [2.45, 2.75) is 25.3 Å². The van der Waals surface area contributed by atoms with Crippen molar-refractivity contribution in [2.24, 2.45) is 5.41 Å². The number of nitrogens with zero attached hydrogens (tertiary/aromatic N) is 4. The van der Waals surface area contributed by atoms with Crippen LogP contribution in [0.25, 0.3) is 0 Å². The maximum absolute atomic E-state index is 11.8. The number of carboxylic acid groups (broad SMARTS) is 2.